The summed E-state index contributed by atoms with van der Waals surface area (Å²) in [5.41, 5.74) is 12.8. The average molecular weight is 225 g/mol. The van der Waals surface area contributed by atoms with Crippen molar-refractivity contribution in [2.75, 3.05) is 24.3 Å². The van der Waals surface area contributed by atoms with Crippen LogP contribution in [-0.2, 0) is 4.74 Å². The van der Waals surface area contributed by atoms with Crippen LogP contribution >= 0.6 is 0 Å². The Morgan fingerprint density at radius 1 is 1.50 bits per heavy atom. The van der Waals surface area contributed by atoms with E-state index in [1.165, 1.54) is 12.1 Å². The Hall–Kier alpha value is -1.33. The summed E-state index contributed by atoms with van der Waals surface area (Å²) in [6.45, 7) is 0.883. The molecule has 1 aliphatic rings. The van der Waals surface area contributed by atoms with E-state index in [4.69, 9.17) is 16.2 Å². The molecule has 4 nitrogen and oxygen atoms in total. The van der Waals surface area contributed by atoms with Crippen molar-refractivity contribution in [1.82, 2.24) is 0 Å². The van der Waals surface area contributed by atoms with Gasteiger partial charge in [-0.15, -0.1) is 0 Å². The number of hydrogen-bond acceptors (Lipinski definition) is 4. The van der Waals surface area contributed by atoms with Gasteiger partial charge in [0.25, 0.3) is 0 Å². The number of nitrogens with one attached hydrogen (secondary N) is 1. The van der Waals surface area contributed by atoms with Crippen molar-refractivity contribution in [3.05, 3.63) is 23.5 Å². The van der Waals surface area contributed by atoms with E-state index >= 15 is 0 Å². The summed E-state index contributed by atoms with van der Waals surface area (Å²) in [5, 5.41) is 2.89. The maximum atomic E-state index is 13.8. The highest BCUT2D eigenvalue weighted by Crippen LogP contribution is 2.37. The highest BCUT2D eigenvalue weighted by Gasteiger charge is 2.25. The van der Waals surface area contributed by atoms with Crippen molar-refractivity contribution in [2.24, 2.45) is 5.73 Å². The van der Waals surface area contributed by atoms with E-state index in [2.05, 4.69) is 5.32 Å². The first-order valence-corrected chi connectivity index (χ1v) is 5.37. The maximum Gasteiger partial charge on any atom is 0.131 e. The van der Waals surface area contributed by atoms with Crippen molar-refractivity contribution in [3.63, 3.8) is 0 Å². The van der Waals surface area contributed by atoms with Crippen LogP contribution in [0.3, 0.4) is 0 Å². The molecule has 1 aliphatic heterocycles. The molecule has 1 heterocycles. The third-order valence-corrected chi connectivity index (χ3v) is 2.76. The van der Waals surface area contributed by atoms with Gasteiger partial charge in [0.1, 0.15) is 5.82 Å². The zero-order valence-corrected chi connectivity index (χ0v) is 9.00. The second-order valence-corrected chi connectivity index (χ2v) is 3.81. The van der Waals surface area contributed by atoms with Crippen LogP contribution in [0.5, 0.6) is 0 Å². The first kappa shape index (κ1) is 11.2. The Bertz CT molecular complexity index is 378. The molecule has 0 radical (unpaired) electrons. The van der Waals surface area contributed by atoms with Gasteiger partial charge < -0.3 is 21.5 Å². The van der Waals surface area contributed by atoms with E-state index in [0.717, 1.165) is 12.8 Å². The number of nitrogens with two attached hydrogens (primary N) is 2. The molecule has 5 N–H and O–H groups in total. The lowest BCUT2D eigenvalue weighted by Crippen LogP contribution is -2.16. The third-order valence-electron chi connectivity index (χ3n) is 2.76. The second kappa shape index (κ2) is 4.67. The molecule has 1 aromatic rings. The van der Waals surface area contributed by atoms with Crippen LogP contribution in [0.2, 0.25) is 0 Å². The van der Waals surface area contributed by atoms with Gasteiger partial charge in [0.2, 0.25) is 0 Å². The highest BCUT2D eigenvalue weighted by atomic mass is 19.1. The lowest BCUT2D eigenvalue weighted by atomic mass is 10.0. The minimum Gasteiger partial charge on any atom is -0.397 e. The van der Waals surface area contributed by atoms with Crippen LogP contribution < -0.4 is 16.8 Å². The summed E-state index contributed by atoms with van der Waals surface area (Å²) >= 11 is 0. The minimum absolute atomic E-state index is 0.211. The summed E-state index contributed by atoms with van der Waals surface area (Å²) in [4.78, 5) is 0. The summed E-state index contributed by atoms with van der Waals surface area (Å²) < 4.78 is 19.3. The van der Waals surface area contributed by atoms with Crippen LogP contribution in [-0.4, -0.2) is 13.3 Å². The van der Waals surface area contributed by atoms with E-state index in [1.807, 2.05) is 0 Å². The number of benzene rings is 1. The lowest BCUT2D eigenvalue weighted by Gasteiger charge is -2.18. The summed E-state index contributed by atoms with van der Waals surface area (Å²) in [6, 6.07) is 2.90. The standard InChI is InChI=1S/C11H16FN3O/c12-7-3-4-8(14)11(15-6-13)10(7)9-2-1-5-16-9/h3-4,9,15H,1-2,5-6,13-14H2. The van der Waals surface area contributed by atoms with Gasteiger partial charge in [0.15, 0.2) is 0 Å². The molecule has 0 bridgehead atoms. The van der Waals surface area contributed by atoms with Gasteiger partial charge in [0.05, 0.1) is 24.1 Å². The Labute approximate surface area is 93.8 Å². The van der Waals surface area contributed by atoms with Crippen molar-refractivity contribution in [2.45, 2.75) is 18.9 Å². The molecule has 2 rings (SSSR count). The van der Waals surface area contributed by atoms with Crippen molar-refractivity contribution < 1.29 is 9.13 Å². The molecule has 0 amide bonds. The fourth-order valence-electron chi connectivity index (χ4n) is 2.03. The molecule has 5 heteroatoms. The van der Waals surface area contributed by atoms with Crippen LogP contribution in [0.15, 0.2) is 12.1 Å². The first-order valence-electron chi connectivity index (χ1n) is 5.37. The van der Waals surface area contributed by atoms with Crippen LogP contribution in [0.1, 0.15) is 24.5 Å². The fourth-order valence-corrected chi connectivity index (χ4v) is 2.03. The number of rotatable bonds is 3. The molecule has 1 unspecified atom stereocenters. The van der Waals surface area contributed by atoms with Crippen LogP contribution in [0.4, 0.5) is 15.8 Å². The monoisotopic (exact) mass is 225 g/mol. The van der Waals surface area contributed by atoms with Gasteiger partial charge in [-0.1, -0.05) is 0 Å². The summed E-state index contributed by atoms with van der Waals surface area (Å²) in [7, 11) is 0. The van der Waals surface area contributed by atoms with E-state index in [9.17, 15) is 4.39 Å². The van der Waals surface area contributed by atoms with Gasteiger partial charge in [-0.2, -0.15) is 0 Å². The number of nitrogen functional groups attached to an aromatic ring is 1. The largest absolute Gasteiger partial charge is 0.397 e. The van der Waals surface area contributed by atoms with Crippen molar-refractivity contribution >= 4 is 11.4 Å². The van der Waals surface area contributed by atoms with Crippen molar-refractivity contribution in [1.29, 1.82) is 0 Å². The highest BCUT2D eigenvalue weighted by molar-refractivity contribution is 5.71. The molecular formula is C11H16FN3O. The van der Waals surface area contributed by atoms with Gasteiger partial charge in [0, 0.05) is 12.2 Å². The second-order valence-electron chi connectivity index (χ2n) is 3.81. The normalized spacial score (nSPS) is 20.0. The maximum absolute atomic E-state index is 13.8. The van der Waals surface area contributed by atoms with Crippen LogP contribution in [0, 0.1) is 5.82 Å². The molecule has 0 aliphatic carbocycles. The van der Waals surface area contributed by atoms with Gasteiger partial charge in [-0.25, -0.2) is 4.39 Å². The molecule has 1 aromatic carbocycles. The molecule has 1 saturated heterocycles. The SMILES string of the molecule is NCNc1c(N)ccc(F)c1C1CCCO1. The quantitative estimate of drug-likeness (QED) is 0.539. The van der Waals surface area contributed by atoms with Gasteiger partial charge in [-0.3, -0.25) is 0 Å². The molecule has 0 spiro atoms. The number of ether oxygens (including phenoxy) is 1. The van der Waals surface area contributed by atoms with E-state index in [0.29, 0.717) is 23.5 Å². The zero-order chi connectivity index (χ0) is 11.5. The summed E-state index contributed by atoms with van der Waals surface area (Å²) in [6.07, 6.45) is 1.55. The number of anilines is 2. The van der Waals surface area contributed by atoms with Gasteiger partial charge in [-0.05, 0) is 25.0 Å². The first-order chi connectivity index (χ1) is 7.74. The van der Waals surface area contributed by atoms with E-state index < -0.39 is 0 Å². The predicted molar refractivity (Wildman–Crippen MR) is 61.4 cm³/mol. The third kappa shape index (κ3) is 1.96. The Morgan fingerprint density at radius 3 is 2.94 bits per heavy atom. The zero-order valence-electron chi connectivity index (χ0n) is 9.00. The minimum atomic E-state index is -0.294. The Morgan fingerprint density at radius 2 is 2.31 bits per heavy atom. The molecule has 1 fully saturated rings. The number of halogens is 1. The average Bonchev–Trinajstić information content (AvgIpc) is 2.77. The fraction of sp³-hybridized carbons (Fsp3) is 0.455. The number of hydrogen-bond donors (Lipinski definition) is 3. The Balaban J connectivity index is 2.42. The molecule has 0 saturated carbocycles. The molecule has 16 heavy (non-hydrogen) atoms. The topological polar surface area (TPSA) is 73.3 Å². The smallest absolute Gasteiger partial charge is 0.131 e. The molecule has 1 atom stereocenters. The van der Waals surface area contributed by atoms with Crippen LogP contribution in [0.25, 0.3) is 0 Å². The van der Waals surface area contributed by atoms with E-state index in [-0.39, 0.29) is 18.6 Å². The Kier molecular flexibility index (Phi) is 3.26. The lowest BCUT2D eigenvalue weighted by molar-refractivity contribution is 0.109. The summed E-state index contributed by atoms with van der Waals surface area (Å²) in [5.74, 6) is -0.294. The molecule has 88 valence electrons. The molecule has 0 aromatic heterocycles. The molecular weight excluding hydrogens is 209 g/mol. The van der Waals surface area contributed by atoms with E-state index in [1.54, 1.807) is 0 Å². The predicted octanol–water partition coefficient (Wildman–Crippen LogP) is 1.59. The van der Waals surface area contributed by atoms with Crippen molar-refractivity contribution in [3.8, 4) is 0 Å². The van der Waals surface area contributed by atoms with Gasteiger partial charge >= 0.3 is 0 Å².